The fraction of sp³-hybridized carbons (Fsp3) is 0.800. The van der Waals surface area contributed by atoms with Gasteiger partial charge in [0.25, 0.3) is 0 Å². The first-order chi connectivity index (χ1) is 7.46. The van der Waals surface area contributed by atoms with Crippen LogP contribution in [0.3, 0.4) is 0 Å². The lowest BCUT2D eigenvalue weighted by Crippen LogP contribution is -2.55. The number of hydrogen-bond acceptors (Lipinski definition) is 3. The second-order valence-electron chi connectivity index (χ2n) is 3.57. The van der Waals surface area contributed by atoms with Crippen LogP contribution >= 0.6 is 0 Å². The Morgan fingerprint density at radius 3 is 2.44 bits per heavy atom. The number of ether oxygens (including phenoxy) is 1. The Kier molecular flexibility index (Phi) is 6.48. The van der Waals surface area contributed by atoms with Gasteiger partial charge in [-0.3, -0.25) is 0 Å². The molecule has 2 amide bonds. The maximum absolute atomic E-state index is 11.3. The van der Waals surface area contributed by atoms with Gasteiger partial charge in [-0.25, -0.2) is 9.59 Å². The lowest BCUT2D eigenvalue weighted by molar-refractivity contribution is -0.143. The third-order valence-electron chi connectivity index (χ3n) is 2.30. The van der Waals surface area contributed by atoms with Crippen molar-refractivity contribution in [3.63, 3.8) is 0 Å². The lowest BCUT2D eigenvalue weighted by atomic mass is 10.00. The molecule has 0 fully saturated rings. The van der Waals surface area contributed by atoms with Gasteiger partial charge in [-0.15, -0.1) is 0 Å². The summed E-state index contributed by atoms with van der Waals surface area (Å²) in [6.07, 6.45) is 0.321. The maximum atomic E-state index is 11.3. The molecule has 0 aliphatic heterocycles. The van der Waals surface area contributed by atoms with E-state index >= 15 is 0 Å². The van der Waals surface area contributed by atoms with Gasteiger partial charge >= 0.3 is 12.0 Å². The van der Waals surface area contributed by atoms with E-state index in [0.29, 0.717) is 26.2 Å². The van der Waals surface area contributed by atoms with E-state index in [1.165, 1.54) is 6.92 Å². The molecule has 0 aromatic carbocycles. The number of carboxylic acid groups (broad SMARTS) is 1. The first-order valence-corrected chi connectivity index (χ1v) is 5.33. The summed E-state index contributed by atoms with van der Waals surface area (Å²) in [5.74, 6) is -1.05. The van der Waals surface area contributed by atoms with Crippen LogP contribution in [-0.4, -0.2) is 42.4 Å². The number of carbonyl (C=O) groups is 2. The van der Waals surface area contributed by atoms with Gasteiger partial charge in [-0.1, -0.05) is 6.92 Å². The molecule has 0 rings (SSSR count). The van der Waals surface area contributed by atoms with Crippen LogP contribution in [0.5, 0.6) is 0 Å². The first kappa shape index (κ1) is 14.7. The average Bonchev–Trinajstić information content (AvgIpc) is 2.24. The molecule has 6 heteroatoms. The van der Waals surface area contributed by atoms with Gasteiger partial charge in [0.05, 0.1) is 6.61 Å². The number of rotatable bonds is 7. The second kappa shape index (κ2) is 7.05. The van der Waals surface area contributed by atoms with E-state index in [0.717, 1.165) is 0 Å². The van der Waals surface area contributed by atoms with E-state index in [1.807, 2.05) is 6.92 Å². The second-order valence-corrected chi connectivity index (χ2v) is 3.57. The van der Waals surface area contributed by atoms with Gasteiger partial charge in [0.15, 0.2) is 0 Å². The third-order valence-corrected chi connectivity index (χ3v) is 2.30. The van der Waals surface area contributed by atoms with Crippen molar-refractivity contribution >= 4 is 12.0 Å². The number of carbonyl (C=O) groups excluding carboxylic acids is 1. The smallest absolute Gasteiger partial charge is 0.329 e. The molecule has 0 heterocycles. The number of nitrogens with one attached hydrogen (secondary N) is 2. The molecule has 16 heavy (non-hydrogen) atoms. The molecule has 0 aromatic rings. The Morgan fingerprint density at radius 1 is 1.38 bits per heavy atom. The highest BCUT2D eigenvalue weighted by molar-refractivity contribution is 5.85. The quantitative estimate of drug-likeness (QED) is 0.560. The van der Waals surface area contributed by atoms with Crippen molar-refractivity contribution in [3.05, 3.63) is 0 Å². The number of urea groups is 1. The van der Waals surface area contributed by atoms with Crippen molar-refractivity contribution in [2.75, 3.05) is 19.8 Å². The van der Waals surface area contributed by atoms with E-state index in [2.05, 4.69) is 10.6 Å². The van der Waals surface area contributed by atoms with Gasteiger partial charge < -0.3 is 20.5 Å². The molecule has 0 aromatic heterocycles. The summed E-state index contributed by atoms with van der Waals surface area (Å²) in [7, 11) is 0. The number of aliphatic carboxylic acids is 1. The van der Waals surface area contributed by atoms with Gasteiger partial charge in [0.1, 0.15) is 5.54 Å². The SMILES string of the molecule is CCOCCNC(=O)NC(C)(CC)C(=O)O. The van der Waals surface area contributed by atoms with Crippen LogP contribution in [0, 0.1) is 0 Å². The maximum Gasteiger partial charge on any atom is 0.329 e. The Balaban J connectivity index is 3.98. The van der Waals surface area contributed by atoms with Crippen molar-refractivity contribution in [3.8, 4) is 0 Å². The topological polar surface area (TPSA) is 87.7 Å². The number of hydrogen-bond donors (Lipinski definition) is 3. The zero-order chi connectivity index (χ0) is 12.6. The van der Waals surface area contributed by atoms with E-state index in [1.54, 1.807) is 6.92 Å². The Morgan fingerprint density at radius 2 is 2.00 bits per heavy atom. The van der Waals surface area contributed by atoms with Crippen molar-refractivity contribution < 1.29 is 19.4 Å². The van der Waals surface area contributed by atoms with E-state index in [4.69, 9.17) is 9.84 Å². The van der Waals surface area contributed by atoms with E-state index < -0.39 is 17.5 Å². The van der Waals surface area contributed by atoms with Gasteiger partial charge in [-0.05, 0) is 20.3 Å². The predicted molar refractivity (Wildman–Crippen MR) is 59.4 cm³/mol. The fourth-order valence-electron chi connectivity index (χ4n) is 0.969. The minimum absolute atomic E-state index is 0.321. The van der Waals surface area contributed by atoms with Gasteiger partial charge in [0.2, 0.25) is 0 Å². The monoisotopic (exact) mass is 232 g/mol. The average molecular weight is 232 g/mol. The zero-order valence-corrected chi connectivity index (χ0v) is 10.0. The lowest BCUT2D eigenvalue weighted by Gasteiger charge is -2.24. The molecule has 0 radical (unpaired) electrons. The molecule has 94 valence electrons. The van der Waals surface area contributed by atoms with Crippen molar-refractivity contribution in [1.82, 2.24) is 10.6 Å². The minimum atomic E-state index is -1.23. The molecule has 0 aliphatic carbocycles. The Labute approximate surface area is 95.4 Å². The summed E-state index contributed by atoms with van der Waals surface area (Å²) < 4.78 is 5.03. The van der Waals surface area contributed by atoms with Crippen LogP contribution in [0.15, 0.2) is 0 Å². The molecule has 0 aliphatic rings. The third kappa shape index (κ3) is 4.97. The Hall–Kier alpha value is -1.30. The van der Waals surface area contributed by atoms with E-state index in [9.17, 15) is 9.59 Å². The molecule has 0 spiro atoms. The minimum Gasteiger partial charge on any atom is -0.480 e. The van der Waals surface area contributed by atoms with Crippen LogP contribution in [0.2, 0.25) is 0 Å². The van der Waals surface area contributed by atoms with Crippen molar-refractivity contribution in [2.24, 2.45) is 0 Å². The summed E-state index contributed by atoms with van der Waals surface area (Å²) in [4.78, 5) is 22.2. The molecular weight excluding hydrogens is 212 g/mol. The van der Waals surface area contributed by atoms with E-state index in [-0.39, 0.29) is 0 Å². The van der Waals surface area contributed by atoms with Crippen molar-refractivity contribution in [1.29, 1.82) is 0 Å². The molecule has 0 saturated heterocycles. The van der Waals surface area contributed by atoms with Gasteiger partial charge in [-0.2, -0.15) is 0 Å². The number of amides is 2. The summed E-state index contributed by atoms with van der Waals surface area (Å²) in [6, 6.07) is -0.494. The highest BCUT2D eigenvalue weighted by Crippen LogP contribution is 2.08. The molecule has 0 bridgehead atoms. The summed E-state index contributed by atoms with van der Waals surface area (Å²) in [5, 5.41) is 13.9. The normalized spacial score (nSPS) is 13.9. The van der Waals surface area contributed by atoms with Crippen LogP contribution in [0.25, 0.3) is 0 Å². The molecular formula is C10H20N2O4. The molecule has 1 unspecified atom stereocenters. The number of carboxylic acids is 1. The zero-order valence-electron chi connectivity index (χ0n) is 10.0. The van der Waals surface area contributed by atoms with Crippen molar-refractivity contribution in [2.45, 2.75) is 32.7 Å². The van der Waals surface area contributed by atoms with Crippen LogP contribution in [-0.2, 0) is 9.53 Å². The summed E-state index contributed by atoms with van der Waals surface area (Å²) >= 11 is 0. The highest BCUT2D eigenvalue weighted by atomic mass is 16.5. The van der Waals surface area contributed by atoms with Crippen LogP contribution in [0.4, 0.5) is 4.79 Å². The fourth-order valence-corrected chi connectivity index (χ4v) is 0.969. The summed E-state index contributed by atoms with van der Waals surface area (Å²) in [6.45, 7) is 6.40. The molecule has 3 N–H and O–H groups in total. The highest BCUT2D eigenvalue weighted by Gasteiger charge is 2.32. The first-order valence-electron chi connectivity index (χ1n) is 5.33. The molecule has 6 nitrogen and oxygen atoms in total. The molecule has 1 atom stereocenters. The summed E-state index contributed by atoms with van der Waals surface area (Å²) in [5.41, 5.74) is -1.23. The standard InChI is InChI=1S/C10H20N2O4/c1-4-10(3,8(13)14)12-9(15)11-6-7-16-5-2/h4-7H2,1-3H3,(H,13,14)(H2,11,12,15). The largest absolute Gasteiger partial charge is 0.480 e. The van der Waals surface area contributed by atoms with Gasteiger partial charge in [0, 0.05) is 13.2 Å². The Bertz CT molecular complexity index is 245. The predicted octanol–water partition coefficient (Wildman–Crippen LogP) is 0.575. The van der Waals surface area contributed by atoms with Crippen LogP contribution in [0.1, 0.15) is 27.2 Å². The molecule has 0 saturated carbocycles. The van der Waals surface area contributed by atoms with Crippen LogP contribution < -0.4 is 10.6 Å².